The van der Waals surface area contributed by atoms with Crippen LogP contribution in [0.25, 0.3) is 0 Å². The molecule has 0 spiro atoms. The maximum absolute atomic E-state index is 11.7. The molecule has 1 amide bonds. The van der Waals surface area contributed by atoms with Crippen LogP contribution >= 0.6 is 0 Å². The van der Waals surface area contributed by atoms with Gasteiger partial charge in [0.15, 0.2) is 5.78 Å². The summed E-state index contributed by atoms with van der Waals surface area (Å²) in [7, 11) is 0. The predicted molar refractivity (Wildman–Crippen MR) is 58.3 cm³/mol. The number of carbonyl (C=O) groups is 2. The molecule has 0 unspecified atom stereocenters. The van der Waals surface area contributed by atoms with Gasteiger partial charge in [-0.2, -0.15) is 0 Å². The maximum Gasteiger partial charge on any atom is 0.407 e. The molecule has 1 aromatic rings. The van der Waals surface area contributed by atoms with E-state index in [0.717, 1.165) is 0 Å². The summed E-state index contributed by atoms with van der Waals surface area (Å²) in [5, 5.41) is 2.65. The lowest BCUT2D eigenvalue weighted by Gasteiger charge is -2.05. The van der Waals surface area contributed by atoms with Gasteiger partial charge in [0.05, 0.1) is 6.04 Å². The second-order valence-corrected chi connectivity index (χ2v) is 3.77. The van der Waals surface area contributed by atoms with Gasteiger partial charge in [0.1, 0.15) is 6.61 Å². The van der Waals surface area contributed by atoms with E-state index in [1.54, 1.807) is 12.1 Å². The number of hydrogen-bond acceptors (Lipinski definition) is 3. The number of alkyl carbamates (subject to hydrolysis) is 1. The van der Waals surface area contributed by atoms with Crippen LogP contribution in [0.4, 0.5) is 4.79 Å². The summed E-state index contributed by atoms with van der Waals surface area (Å²) < 4.78 is 4.74. The molecule has 16 heavy (non-hydrogen) atoms. The Morgan fingerprint density at radius 1 is 1.38 bits per heavy atom. The number of amides is 1. The summed E-state index contributed by atoms with van der Waals surface area (Å²) in [5.74, 6) is 0.0988. The topological polar surface area (TPSA) is 55.4 Å². The second kappa shape index (κ2) is 4.79. The van der Waals surface area contributed by atoms with Crippen molar-refractivity contribution in [3.8, 4) is 0 Å². The minimum absolute atomic E-state index is 0.0276. The molecule has 1 heterocycles. The number of carbonyl (C=O) groups excluding carboxylic acids is 2. The molecule has 0 bridgehead atoms. The largest absolute Gasteiger partial charge is 0.447 e. The van der Waals surface area contributed by atoms with Crippen LogP contribution in [0.15, 0.2) is 30.3 Å². The van der Waals surface area contributed by atoms with Crippen LogP contribution in [-0.2, 0) is 4.74 Å². The van der Waals surface area contributed by atoms with Crippen LogP contribution in [0.2, 0.25) is 0 Å². The Morgan fingerprint density at radius 3 is 2.75 bits per heavy atom. The second-order valence-electron chi connectivity index (χ2n) is 3.77. The number of rotatable bonds is 4. The van der Waals surface area contributed by atoms with E-state index in [9.17, 15) is 9.59 Å². The number of hydrogen-bond donors (Lipinski definition) is 1. The number of nitrogens with one attached hydrogen (secondary N) is 1. The van der Waals surface area contributed by atoms with Crippen molar-refractivity contribution in [3.05, 3.63) is 35.9 Å². The Kier molecular flexibility index (Phi) is 3.19. The highest BCUT2D eigenvalue weighted by Crippen LogP contribution is 2.09. The molecule has 0 saturated carbocycles. The first-order valence-electron chi connectivity index (χ1n) is 5.27. The minimum atomic E-state index is -0.392. The lowest BCUT2D eigenvalue weighted by atomic mass is 10.0. The third kappa shape index (κ3) is 2.59. The standard InChI is InChI=1S/C12H13NO3/c14-11(9-4-2-1-3-5-9)7-6-10-8-16-12(15)13-10/h1-5,10H,6-8H2,(H,13,15)/t10-/m0/s1. The minimum Gasteiger partial charge on any atom is -0.447 e. The van der Waals surface area contributed by atoms with Gasteiger partial charge in [-0.1, -0.05) is 30.3 Å². The zero-order chi connectivity index (χ0) is 11.4. The van der Waals surface area contributed by atoms with Crippen LogP contribution in [0, 0.1) is 0 Å². The average Bonchev–Trinajstić information content (AvgIpc) is 2.73. The molecule has 0 aliphatic carbocycles. The van der Waals surface area contributed by atoms with Gasteiger partial charge >= 0.3 is 6.09 Å². The number of Topliss-reactive ketones (excluding diaryl/α,β-unsaturated/α-hetero) is 1. The Bertz CT molecular complexity index is 389. The Balaban J connectivity index is 1.82. The molecule has 84 valence electrons. The molecule has 1 aromatic carbocycles. The highest BCUT2D eigenvalue weighted by Gasteiger charge is 2.22. The molecule has 1 atom stereocenters. The Hall–Kier alpha value is -1.84. The summed E-state index contributed by atoms with van der Waals surface area (Å²) in [6.45, 7) is 0.362. The van der Waals surface area contributed by atoms with Gasteiger partial charge in [-0.25, -0.2) is 4.79 Å². The van der Waals surface area contributed by atoms with E-state index < -0.39 is 6.09 Å². The molecule has 0 radical (unpaired) electrons. The van der Waals surface area contributed by atoms with Gasteiger partial charge in [-0.05, 0) is 6.42 Å². The molecule has 1 aliphatic heterocycles. The van der Waals surface area contributed by atoms with Crippen molar-refractivity contribution in [2.75, 3.05) is 6.61 Å². The SMILES string of the molecule is O=C1N[C@@H](CCC(=O)c2ccccc2)CO1. The summed E-state index contributed by atoms with van der Waals surface area (Å²) in [6.07, 6.45) is 0.662. The first-order chi connectivity index (χ1) is 7.75. The Labute approximate surface area is 93.6 Å². The summed E-state index contributed by atoms with van der Waals surface area (Å²) in [5.41, 5.74) is 0.716. The van der Waals surface area contributed by atoms with Gasteiger partial charge in [0.25, 0.3) is 0 Å². The molecule has 1 N–H and O–H groups in total. The third-order valence-electron chi connectivity index (χ3n) is 2.55. The smallest absolute Gasteiger partial charge is 0.407 e. The molecule has 1 saturated heterocycles. The normalized spacial score (nSPS) is 19.0. The van der Waals surface area contributed by atoms with Crippen LogP contribution in [0.3, 0.4) is 0 Å². The van der Waals surface area contributed by atoms with Crippen molar-refractivity contribution < 1.29 is 14.3 Å². The number of ketones is 1. The van der Waals surface area contributed by atoms with E-state index in [1.165, 1.54) is 0 Å². The maximum atomic E-state index is 11.7. The number of benzene rings is 1. The number of ether oxygens (including phenoxy) is 1. The third-order valence-corrected chi connectivity index (χ3v) is 2.55. The molecule has 2 rings (SSSR count). The lowest BCUT2D eigenvalue weighted by Crippen LogP contribution is -2.26. The van der Waals surface area contributed by atoms with E-state index in [0.29, 0.717) is 25.0 Å². The quantitative estimate of drug-likeness (QED) is 0.785. The van der Waals surface area contributed by atoms with Gasteiger partial charge in [0.2, 0.25) is 0 Å². The van der Waals surface area contributed by atoms with E-state index in [2.05, 4.69) is 5.32 Å². The molecule has 4 nitrogen and oxygen atoms in total. The van der Waals surface area contributed by atoms with Gasteiger partial charge in [-0.15, -0.1) is 0 Å². The van der Waals surface area contributed by atoms with Crippen molar-refractivity contribution >= 4 is 11.9 Å². The summed E-state index contributed by atoms with van der Waals surface area (Å²) in [6, 6.07) is 9.13. The molecular formula is C12H13NO3. The Morgan fingerprint density at radius 2 is 2.12 bits per heavy atom. The molecule has 0 aromatic heterocycles. The molecule has 4 heteroatoms. The molecule has 1 fully saturated rings. The summed E-state index contributed by atoms with van der Waals surface area (Å²) in [4.78, 5) is 22.5. The van der Waals surface area contributed by atoms with Crippen molar-refractivity contribution in [1.82, 2.24) is 5.32 Å². The van der Waals surface area contributed by atoms with Crippen molar-refractivity contribution in [2.45, 2.75) is 18.9 Å². The average molecular weight is 219 g/mol. The van der Waals surface area contributed by atoms with Crippen LogP contribution < -0.4 is 5.32 Å². The van der Waals surface area contributed by atoms with Crippen LogP contribution in [0.5, 0.6) is 0 Å². The summed E-state index contributed by atoms with van der Waals surface area (Å²) >= 11 is 0. The van der Waals surface area contributed by atoms with Gasteiger partial charge in [-0.3, -0.25) is 4.79 Å². The van der Waals surface area contributed by atoms with Crippen molar-refractivity contribution in [3.63, 3.8) is 0 Å². The molecule has 1 aliphatic rings. The van der Waals surface area contributed by atoms with Gasteiger partial charge in [0, 0.05) is 12.0 Å². The zero-order valence-corrected chi connectivity index (χ0v) is 8.81. The van der Waals surface area contributed by atoms with Crippen molar-refractivity contribution in [2.24, 2.45) is 0 Å². The fourth-order valence-electron chi connectivity index (χ4n) is 1.66. The first kappa shape index (κ1) is 10.7. The monoisotopic (exact) mass is 219 g/mol. The van der Waals surface area contributed by atoms with Gasteiger partial charge < -0.3 is 10.1 Å². The van der Waals surface area contributed by atoms with Crippen LogP contribution in [0.1, 0.15) is 23.2 Å². The van der Waals surface area contributed by atoms with Crippen molar-refractivity contribution in [1.29, 1.82) is 0 Å². The van der Waals surface area contributed by atoms with Crippen LogP contribution in [-0.4, -0.2) is 24.5 Å². The molecular weight excluding hydrogens is 206 g/mol. The van der Waals surface area contributed by atoms with E-state index in [4.69, 9.17) is 4.74 Å². The highest BCUT2D eigenvalue weighted by molar-refractivity contribution is 5.96. The predicted octanol–water partition coefficient (Wildman–Crippen LogP) is 1.76. The number of cyclic esters (lactones) is 1. The van der Waals surface area contributed by atoms with E-state index in [-0.39, 0.29) is 11.8 Å². The lowest BCUT2D eigenvalue weighted by molar-refractivity contribution is 0.0976. The zero-order valence-electron chi connectivity index (χ0n) is 8.81. The fraction of sp³-hybridized carbons (Fsp3) is 0.333. The first-order valence-corrected chi connectivity index (χ1v) is 5.27. The van der Waals surface area contributed by atoms with E-state index in [1.807, 2.05) is 18.2 Å². The fourth-order valence-corrected chi connectivity index (χ4v) is 1.66. The van der Waals surface area contributed by atoms with E-state index >= 15 is 0 Å². The highest BCUT2D eigenvalue weighted by atomic mass is 16.6.